The molecule has 0 saturated heterocycles. The van der Waals surface area contributed by atoms with Gasteiger partial charge in [-0.15, -0.1) is 0 Å². The molecule has 0 aliphatic carbocycles. The van der Waals surface area contributed by atoms with Gasteiger partial charge in [0.15, 0.2) is 0 Å². The summed E-state index contributed by atoms with van der Waals surface area (Å²) in [5, 5.41) is 0. The Labute approximate surface area is 88.7 Å². The van der Waals surface area contributed by atoms with Gasteiger partial charge in [0, 0.05) is 6.42 Å². The minimum atomic E-state index is -0.911. The van der Waals surface area contributed by atoms with E-state index in [0.29, 0.717) is 0 Å². The highest BCUT2D eigenvalue weighted by atomic mass is 16.6. The van der Waals surface area contributed by atoms with Gasteiger partial charge in [0.25, 0.3) is 0 Å². The molecule has 0 aromatic rings. The van der Waals surface area contributed by atoms with E-state index in [1.165, 1.54) is 7.11 Å². The lowest BCUT2D eigenvalue weighted by atomic mass is 10.2. The molecule has 86 valence electrons. The number of carbonyl (C=O) groups excluding carboxylic acids is 3. The van der Waals surface area contributed by atoms with E-state index in [0.717, 1.165) is 0 Å². The monoisotopic (exact) mass is 216 g/mol. The fraction of sp³-hybridized carbons (Fsp3) is 0.700. The van der Waals surface area contributed by atoms with Crippen LogP contribution in [-0.4, -0.2) is 30.4 Å². The first-order chi connectivity index (χ1) is 6.76. The fourth-order valence-electron chi connectivity index (χ4n) is 0.755. The first-order valence-corrected chi connectivity index (χ1v) is 4.59. The van der Waals surface area contributed by atoms with Crippen LogP contribution >= 0.6 is 0 Å². The number of esters is 2. The maximum atomic E-state index is 11.2. The molecular formula is C10H16O5. The molecule has 0 amide bonds. The first kappa shape index (κ1) is 13.6. The Morgan fingerprint density at radius 3 is 2.00 bits per heavy atom. The topological polar surface area (TPSA) is 69.7 Å². The van der Waals surface area contributed by atoms with E-state index in [-0.39, 0.29) is 12.8 Å². The van der Waals surface area contributed by atoms with E-state index in [1.54, 1.807) is 20.8 Å². The Hall–Kier alpha value is -1.39. The molecule has 15 heavy (non-hydrogen) atoms. The quantitative estimate of drug-likeness (QED) is 0.514. The van der Waals surface area contributed by atoms with E-state index in [1.807, 2.05) is 0 Å². The highest BCUT2D eigenvalue weighted by Gasteiger charge is 2.23. The lowest BCUT2D eigenvalue weighted by Gasteiger charge is -2.18. The largest absolute Gasteiger partial charge is 0.469 e. The zero-order valence-corrected chi connectivity index (χ0v) is 9.46. The van der Waals surface area contributed by atoms with Gasteiger partial charge < -0.3 is 9.47 Å². The third-order valence-corrected chi connectivity index (χ3v) is 1.41. The molecule has 0 aliphatic rings. The number of methoxy groups -OCH3 is 1. The summed E-state index contributed by atoms with van der Waals surface area (Å²) in [7, 11) is 1.22. The second-order valence-corrected chi connectivity index (χ2v) is 4.00. The lowest BCUT2D eigenvalue weighted by molar-refractivity contribution is -0.162. The summed E-state index contributed by atoms with van der Waals surface area (Å²) in [6.45, 7) is 5.00. The van der Waals surface area contributed by atoms with Crippen molar-refractivity contribution in [3.63, 3.8) is 0 Å². The van der Waals surface area contributed by atoms with Crippen LogP contribution in [-0.2, 0) is 23.9 Å². The molecular weight excluding hydrogens is 200 g/mol. The SMILES string of the molecule is COC(=O)CCC(=O)C(=O)OC(C)(C)C. The molecule has 5 heteroatoms. The Bertz CT molecular complexity index is 261. The smallest absolute Gasteiger partial charge is 0.375 e. The zero-order valence-electron chi connectivity index (χ0n) is 9.46. The first-order valence-electron chi connectivity index (χ1n) is 4.59. The van der Waals surface area contributed by atoms with Crippen molar-refractivity contribution in [1.82, 2.24) is 0 Å². The highest BCUT2D eigenvalue weighted by Crippen LogP contribution is 2.08. The second kappa shape index (κ2) is 5.48. The van der Waals surface area contributed by atoms with E-state index in [9.17, 15) is 14.4 Å². The molecule has 0 rings (SSSR count). The van der Waals surface area contributed by atoms with Crippen LogP contribution in [0.15, 0.2) is 0 Å². The van der Waals surface area contributed by atoms with Crippen LogP contribution < -0.4 is 0 Å². The highest BCUT2D eigenvalue weighted by molar-refractivity contribution is 6.33. The predicted molar refractivity (Wildman–Crippen MR) is 52.1 cm³/mol. The molecule has 0 heterocycles. The summed E-state index contributed by atoms with van der Waals surface area (Å²) in [5.41, 5.74) is -0.696. The summed E-state index contributed by atoms with van der Waals surface area (Å²) >= 11 is 0. The third kappa shape index (κ3) is 6.65. The standard InChI is InChI=1S/C10H16O5/c1-10(2,3)15-9(13)7(11)5-6-8(12)14-4/h5-6H2,1-4H3. The summed E-state index contributed by atoms with van der Waals surface area (Å²) in [6, 6.07) is 0. The summed E-state index contributed by atoms with van der Waals surface area (Å²) in [4.78, 5) is 33.0. The van der Waals surface area contributed by atoms with Crippen molar-refractivity contribution in [3.05, 3.63) is 0 Å². The number of ether oxygens (including phenoxy) is 2. The second-order valence-electron chi connectivity index (χ2n) is 4.00. The van der Waals surface area contributed by atoms with Crippen molar-refractivity contribution in [1.29, 1.82) is 0 Å². The Kier molecular flexibility index (Phi) is 4.97. The van der Waals surface area contributed by atoms with Crippen LogP contribution in [0, 0.1) is 0 Å². The number of hydrogen-bond donors (Lipinski definition) is 0. The minimum Gasteiger partial charge on any atom is -0.469 e. The van der Waals surface area contributed by atoms with Gasteiger partial charge in [-0.25, -0.2) is 4.79 Å². The normalized spacial score (nSPS) is 10.7. The molecule has 0 saturated carbocycles. The van der Waals surface area contributed by atoms with Gasteiger partial charge in [0.2, 0.25) is 5.78 Å². The molecule has 0 atom stereocenters. The van der Waals surface area contributed by atoms with Gasteiger partial charge in [-0.05, 0) is 20.8 Å². The van der Waals surface area contributed by atoms with Gasteiger partial charge in [-0.1, -0.05) is 0 Å². The number of hydrogen-bond acceptors (Lipinski definition) is 5. The Balaban J connectivity index is 4.01. The molecule has 0 aromatic heterocycles. The molecule has 0 spiro atoms. The van der Waals surface area contributed by atoms with Crippen molar-refractivity contribution < 1.29 is 23.9 Å². The maximum Gasteiger partial charge on any atom is 0.375 e. The summed E-state index contributed by atoms with van der Waals surface area (Å²) in [6.07, 6.45) is -0.282. The maximum absolute atomic E-state index is 11.2. The molecule has 0 fully saturated rings. The van der Waals surface area contributed by atoms with Crippen molar-refractivity contribution in [3.8, 4) is 0 Å². The van der Waals surface area contributed by atoms with E-state index < -0.39 is 23.3 Å². The van der Waals surface area contributed by atoms with Gasteiger partial charge in [0.05, 0.1) is 13.5 Å². The molecule has 0 radical (unpaired) electrons. The van der Waals surface area contributed by atoms with Crippen LogP contribution in [0.4, 0.5) is 0 Å². The van der Waals surface area contributed by atoms with Crippen molar-refractivity contribution in [2.75, 3.05) is 7.11 Å². The average molecular weight is 216 g/mol. The van der Waals surface area contributed by atoms with Gasteiger partial charge >= 0.3 is 11.9 Å². The number of carbonyl (C=O) groups is 3. The molecule has 0 aromatic carbocycles. The molecule has 0 unspecified atom stereocenters. The molecule has 0 bridgehead atoms. The lowest BCUT2D eigenvalue weighted by Crippen LogP contribution is -2.29. The van der Waals surface area contributed by atoms with Crippen LogP contribution in [0.5, 0.6) is 0 Å². The van der Waals surface area contributed by atoms with Crippen LogP contribution in [0.1, 0.15) is 33.6 Å². The molecule has 0 aliphatic heterocycles. The van der Waals surface area contributed by atoms with Crippen LogP contribution in [0.25, 0.3) is 0 Å². The van der Waals surface area contributed by atoms with Gasteiger partial charge in [-0.3, -0.25) is 9.59 Å². The predicted octanol–water partition coefficient (Wildman–Crippen LogP) is 0.850. The van der Waals surface area contributed by atoms with Gasteiger partial charge in [0.1, 0.15) is 5.60 Å². The third-order valence-electron chi connectivity index (χ3n) is 1.41. The summed E-state index contributed by atoms with van der Waals surface area (Å²) in [5.74, 6) is -2.14. The minimum absolute atomic E-state index is 0.103. The average Bonchev–Trinajstić information content (AvgIpc) is 2.10. The molecule has 0 N–H and O–H groups in total. The Morgan fingerprint density at radius 2 is 1.60 bits per heavy atom. The van der Waals surface area contributed by atoms with Crippen molar-refractivity contribution in [2.24, 2.45) is 0 Å². The van der Waals surface area contributed by atoms with Crippen LogP contribution in [0.2, 0.25) is 0 Å². The van der Waals surface area contributed by atoms with E-state index in [4.69, 9.17) is 4.74 Å². The summed E-state index contributed by atoms with van der Waals surface area (Å²) < 4.78 is 9.16. The fourth-order valence-corrected chi connectivity index (χ4v) is 0.755. The van der Waals surface area contributed by atoms with Gasteiger partial charge in [-0.2, -0.15) is 0 Å². The number of Topliss-reactive ketones (excluding diaryl/α,β-unsaturated/α-hetero) is 1. The van der Waals surface area contributed by atoms with Crippen molar-refractivity contribution >= 4 is 17.7 Å². The molecule has 5 nitrogen and oxygen atoms in total. The van der Waals surface area contributed by atoms with E-state index in [2.05, 4.69) is 4.74 Å². The van der Waals surface area contributed by atoms with Crippen molar-refractivity contribution in [2.45, 2.75) is 39.2 Å². The number of ketones is 1. The van der Waals surface area contributed by atoms with E-state index >= 15 is 0 Å². The van der Waals surface area contributed by atoms with Crippen LogP contribution in [0.3, 0.4) is 0 Å². The Morgan fingerprint density at radius 1 is 1.07 bits per heavy atom. The zero-order chi connectivity index (χ0) is 12.1. The number of rotatable bonds is 4.